The highest BCUT2D eigenvalue weighted by atomic mass is 19.1. The third-order valence-electron chi connectivity index (χ3n) is 5.30. The number of rotatable bonds is 5. The molecular weight excluding hydrogens is 441 g/mol. The van der Waals surface area contributed by atoms with Crippen LogP contribution in [0.15, 0.2) is 69.9 Å². The Kier molecular flexibility index (Phi) is 5.21. The molecule has 2 N–H and O–H groups in total. The fourth-order valence-corrected chi connectivity index (χ4v) is 3.65. The number of fused-ring (bicyclic) bond motifs is 2. The average molecular weight is 459 g/mol. The summed E-state index contributed by atoms with van der Waals surface area (Å²) < 4.78 is 29.4. The number of hydrogen-bond donors (Lipinski definition) is 2. The first kappa shape index (κ1) is 21.2. The molecule has 5 aromatic rings. The molecule has 0 radical (unpaired) electrons. The number of halogens is 1. The topological polar surface area (TPSA) is 106 Å². The van der Waals surface area contributed by atoms with Gasteiger partial charge in [-0.2, -0.15) is 0 Å². The maximum Gasteiger partial charge on any atom is 0.272 e. The Labute approximate surface area is 192 Å². The lowest BCUT2D eigenvalue weighted by atomic mass is 10.1. The van der Waals surface area contributed by atoms with Gasteiger partial charge < -0.3 is 24.2 Å². The largest absolute Gasteiger partial charge is 0.497 e. The molecule has 0 unspecified atom stereocenters. The molecule has 170 valence electrons. The predicted octanol–water partition coefficient (Wildman–Crippen LogP) is 4.74. The van der Waals surface area contributed by atoms with Gasteiger partial charge in [-0.05, 0) is 42.5 Å². The molecule has 0 saturated carbocycles. The number of nitrogens with zero attached hydrogens (tertiary/aromatic N) is 1. The molecule has 0 aliphatic rings. The highest BCUT2D eigenvalue weighted by Crippen LogP contribution is 2.29. The lowest BCUT2D eigenvalue weighted by Crippen LogP contribution is -2.17. The van der Waals surface area contributed by atoms with Gasteiger partial charge in [0.15, 0.2) is 11.0 Å². The first-order chi connectivity index (χ1) is 16.4. The van der Waals surface area contributed by atoms with Crippen LogP contribution in [-0.4, -0.2) is 30.1 Å². The third kappa shape index (κ3) is 3.83. The molecule has 2 heterocycles. The summed E-state index contributed by atoms with van der Waals surface area (Å²) in [6, 6.07) is 15.2. The highest BCUT2D eigenvalue weighted by molar-refractivity contribution is 6.05. The quantitative estimate of drug-likeness (QED) is 0.393. The summed E-state index contributed by atoms with van der Waals surface area (Å²) in [5, 5.41) is 3.07. The summed E-state index contributed by atoms with van der Waals surface area (Å²) >= 11 is 0. The Balaban J connectivity index is 1.46. The van der Waals surface area contributed by atoms with Crippen LogP contribution < -0.4 is 20.2 Å². The minimum Gasteiger partial charge on any atom is -0.497 e. The van der Waals surface area contributed by atoms with Crippen LogP contribution in [-0.2, 0) is 0 Å². The molecule has 5 rings (SSSR count). The number of carbonyl (C=O) groups excluding carboxylic acids is 1. The lowest BCUT2D eigenvalue weighted by molar-refractivity contribution is 0.102. The summed E-state index contributed by atoms with van der Waals surface area (Å²) in [5.74, 6) is 0.290. The van der Waals surface area contributed by atoms with Gasteiger partial charge in [-0.3, -0.25) is 9.59 Å². The van der Waals surface area contributed by atoms with Crippen LogP contribution in [0.25, 0.3) is 33.5 Å². The van der Waals surface area contributed by atoms with Crippen molar-refractivity contribution in [3.05, 3.63) is 82.4 Å². The predicted molar refractivity (Wildman–Crippen MR) is 125 cm³/mol. The number of ether oxygens (including phenoxy) is 2. The molecule has 1 amide bonds. The van der Waals surface area contributed by atoms with Gasteiger partial charge in [-0.25, -0.2) is 9.37 Å². The standard InChI is InChI=1S/C25H18FN3O5/c1-32-16-10-18-23(22(11-16)33-2)20(30)12-19(28-18)24(31)27-15-7-8-21-17(9-15)29-25(34-21)13-3-5-14(26)6-4-13/h3-12H,1-2H3,(H,27,31)(H,28,30). The van der Waals surface area contributed by atoms with Crippen molar-refractivity contribution in [1.82, 2.24) is 9.97 Å². The lowest BCUT2D eigenvalue weighted by Gasteiger charge is -2.10. The smallest absolute Gasteiger partial charge is 0.272 e. The Bertz CT molecular complexity index is 1610. The Hall–Kier alpha value is -4.66. The molecule has 0 atom stereocenters. The number of H-pyrrole nitrogens is 1. The van der Waals surface area contributed by atoms with Crippen molar-refractivity contribution in [3.8, 4) is 23.0 Å². The zero-order chi connectivity index (χ0) is 23.8. The Morgan fingerprint density at radius 1 is 1.03 bits per heavy atom. The first-order valence-corrected chi connectivity index (χ1v) is 10.2. The summed E-state index contributed by atoms with van der Waals surface area (Å²) in [4.78, 5) is 33.0. The number of pyridine rings is 1. The van der Waals surface area contributed by atoms with Crippen molar-refractivity contribution in [2.45, 2.75) is 0 Å². The van der Waals surface area contributed by atoms with Crippen LogP contribution in [0.3, 0.4) is 0 Å². The second kappa shape index (κ2) is 8.36. The van der Waals surface area contributed by atoms with Gasteiger partial charge in [0.25, 0.3) is 5.91 Å². The van der Waals surface area contributed by atoms with E-state index in [0.717, 1.165) is 0 Å². The van der Waals surface area contributed by atoms with E-state index in [1.165, 1.54) is 32.4 Å². The van der Waals surface area contributed by atoms with Crippen LogP contribution in [0.2, 0.25) is 0 Å². The minimum absolute atomic E-state index is 0.0695. The van der Waals surface area contributed by atoms with E-state index < -0.39 is 5.91 Å². The molecule has 0 aliphatic heterocycles. The number of anilines is 1. The number of carbonyl (C=O) groups is 1. The van der Waals surface area contributed by atoms with Crippen LogP contribution in [0.1, 0.15) is 10.5 Å². The number of oxazole rings is 1. The number of aromatic amines is 1. The molecular formula is C25H18FN3O5. The molecule has 0 fully saturated rings. The summed E-state index contributed by atoms with van der Waals surface area (Å²) in [7, 11) is 2.95. The Morgan fingerprint density at radius 3 is 2.56 bits per heavy atom. The monoisotopic (exact) mass is 459 g/mol. The highest BCUT2D eigenvalue weighted by Gasteiger charge is 2.15. The molecule has 2 aromatic heterocycles. The van der Waals surface area contributed by atoms with Gasteiger partial charge in [-0.15, -0.1) is 0 Å². The van der Waals surface area contributed by atoms with Gasteiger partial charge >= 0.3 is 0 Å². The first-order valence-electron chi connectivity index (χ1n) is 10.2. The van der Waals surface area contributed by atoms with Crippen molar-refractivity contribution < 1.29 is 23.1 Å². The Morgan fingerprint density at radius 2 is 1.82 bits per heavy atom. The summed E-state index contributed by atoms with van der Waals surface area (Å²) in [5.41, 5.74) is 2.22. The second-order valence-corrected chi connectivity index (χ2v) is 7.46. The molecule has 0 aliphatic carbocycles. The van der Waals surface area contributed by atoms with Crippen molar-refractivity contribution in [2.24, 2.45) is 0 Å². The van der Waals surface area contributed by atoms with E-state index in [0.29, 0.717) is 50.6 Å². The normalized spacial score (nSPS) is 11.0. The van der Waals surface area contributed by atoms with Crippen molar-refractivity contribution >= 4 is 33.6 Å². The zero-order valence-electron chi connectivity index (χ0n) is 18.1. The van der Waals surface area contributed by atoms with Gasteiger partial charge in [0.05, 0.1) is 25.1 Å². The van der Waals surface area contributed by atoms with Crippen LogP contribution in [0.5, 0.6) is 11.5 Å². The minimum atomic E-state index is -0.512. The van der Waals surface area contributed by atoms with E-state index in [9.17, 15) is 14.0 Å². The van der Waals surface area contributed by atoms with E-state index >= 15 is 0 Å². The molecule has 8 nitrogen and oxygen atoms in total. The number of aromatic nitrogens is 2. The van der Waals surface area contributed by atoms with E-state index in [1.54, 1.807) is 42.5 Å². The second-order valence-electron chi connectivity index (χ2n) is 7.46. The average Bonchev–Trinajstić information content (AvgIpc) is 3.26. The third-order valence-corrected chi connectivity index (χ3v) is 5.30. The van der Waals surface area contributed by atoms with Crippen molar-refractivity contribution in [2.75, 3.05) is 19.5 Å². The number of amides is 1. The SMILES string of the molecule is COc1cc(OC)c2c(=O)cc(C(=O)Nc3ccc4oc(-c5ccc(F)cc5)nc4c3)[nH]c2c1. The maximum atomic E-state index is 13.2. The fourth-order valence-electron chi connectivity index (χ4n) is 3.65. The molecule has 0 bridgehead atoms. The van der Waals surface area contributed by atoms with Gasteiger partial charge in [-0.1, -0.05) is 0 Å². The molecule has 0 spiro atoms. The molecule has 34 heavy (non-hydrogen) atoms. The van der Waals surface area contributed by atoms with Crippen LogP contribution in [0.4, 0.5) is 10.1 Å². The summed E-state index contributed by atoms with van der Waals surface area (Å²) in [6.45, 7) is 0. The zero-order valence-corrected chi connectivity index (χ0v) is 18.1. The molecule has 0 saturated heterocycles. The van der Waals surface area contributed by atoms with Gasteiger partial charge in [0.1, 0.15) is 28.5 Å². The van der Waals surface area contributed by atoms with E-state index in [-0.39, 0.29) is 16.9 Å². The van der Waals surface area contributed by atoms with E-state index in [2.05, 4.69) is 15.3 Å². The van der Waals surface area contributed by atoms with Gasteiger partial charge in [0, 0.05) is 29.4 Å². The molecule has 3 aromatic carbocycles. The molecule has 9 heteroatoms. The van der Waals surface area contributed by atoms with Crippen molar-refractivity contribution in [1.29, 1.82) is 0 Å². The van der Waals surface area contributed by atoms with Crippen LogP contribution >= 0.6 is 0 Å². The summed E-state index contributed by atoms with van der Waals surface area (Å²) in [6.07, 6.45) is 0. The number of hydrogen-bond acceptors (Lipinski definition) is 6. The fraction of sp³-hybridized carbons (Fsp3) is 0.0800. The van der Waals surface area contributed by atoms with Gasteiger partial charge in [0.2, 0.25) is 5.89 Å². The number of methoxy groups -OCH3 is 2. The van der Waals surface area contributed by atoms with E-state index in [4.69, 9.17) is 13.9 Å². The van der Waals surface area contributed by atoms with E-state index in [1.807, 2.05) is 0 Å². The van der Waals surface area contributed by atoms with Crippen LogP contribution in [0, 0.1) is 5.82 Å². The number of nitrogens with one attached hydrogen (secondary N) is 2. The van der Waals surface area contributed by atoms with Crippen molar-refractivity contribution in [3.63, 3.8) is 0 Å². The number of benzene rings is 3. The maximum absolute atomic E-state index is 13.2.